The molecule has 0 unspecified atom stereocenters. The predicted octanol–water partition coefficient (Wildman–Crippen LogP) is 1.67. The highest BCUT2D eigenvalue weighted by molar-refractivity contribution is 7.89. The van der Waals surface area contributed by atoms with Crippen molar-refractivity contribution in [2.24, 2.45) is 0 Å². The third-order valence-electron chi connectivity index (χ3n) is 5.42. The van der Waals surface area contributed by atoms with Gasteiger partial charge < -0.3 is 4.90 Å². The topological polar surface area (TPSA) is 69.7 Å². The monoisotopic (exact) mass is 379 g/mol. The van der Waals surface area contributed by atoms with E-state index in [9.17, 15) is 13.2 Å². The van der Waals surface area contributed by atoms with Crippen molar-refractivity contribution < 1.29 is 13.2 Å². The summed E-state index contributed by atoms with van der Waals surface area (Å²) in [5.41, 5.74) is 1.61. The van der Waals surface area contributed by atoms with Crippen LogP contribution in [0.5, 0.6) is 0 Å². The minimum atomic E-state index is -3.59. The van der Waals surface area contributed by atoms with E-state index < -0.39 is 10.0 Å². The molecule has 0 aromatic heterocycles. The molecule has 6 nitrogen and oxygen atoms in total. The summed E-state index contributed by atoms with van der Waals surface area (Å²) in [5, 5.41) is 0. The summed E-state index contributed by atoms with van der Waals surface area (Å²) in [6.45, 7) is 7.55. The molecule has 0 saturated carbocycles. The Morgan fingerprint density at radius 2 is 1.96 bits per heavy atom. The number of hydrogen-bond acceptors (Lipinski definition) is 4. The molecular weight excluding hydrogens is 350 g/mol. The van der Waals surface area contributed by atoms with Crippen molar-refractivity contribution >= 4 is 15.9 Å². The second-order valence-corrected chi connectivity index (χ2v) is 9.18. The Morgan fingerprint density at radius 1 is 1.19 bits per heavy atom. The third kappa shape index (κ3) is 4.45. The summed E-state index contributed by atoms with van der Waals surface area (Å²) in [4.78, 5) is 17.2. The maximum atomic E-state index is 12.6. The van der Waals surface area contributed by atoms with Crippen molar-refractivity contribution in [3.8, 4) is 0 Å². The molecule has 26 heavy (non-hydrogen) atoms. The molecule has 1 amide bonds. The average Bonchev–Trinajstić information content (AvgIpc) is 2.93. The lowest BCUT2D eigenvalue weighted by atomic mass is 10.2. The van der Waals surface area contributed by atoms with Crippen LogP contribution in [0.25, 0.3) is 0 Å². The Kier molecular flexibility index (Phi) is 5.99. The molecule has 2 heterocycles. The molecule has 0 radical (unpaired) electrons. The zero-order chi connectivity index (χ0) is 18.7. The zero-order valence-electron chi connectivity index (χ0n) is 15.7. The Hall–Kier alpha value is -1.44. The number of carbonyl (C=O) groups excluding carboxylic acids is 1. The molecule has 144 valence electrons. The summed E-state index contributed by atoms with van der Waals surface area (Å²) in [6, 6.07) is 5.85. The number of nitrogens with zero attached hydrogens (tertiary/aromatic N) is 2. The molecular formula is C19H29N3O3S. The molecule has 1 atom stereocenters. The SMILES string of the molecule is Cc1ccc(C)c(S(=O)(=O)NCCC(=O)N2CCCN3CCC[C@@H]3C2)c1. The van der Waals surface area contributed by atoms with Crippen LogP contribution in [-0.4, -0.2) is 62.9 Å². The first-order valence-corrected chi connectivity index (χ1v) is 10.9. The van der Waals surface area contributed by atoms with Gasteiger partial charge in [-0.25, -0.2) is 13.1 Å². The number of benzene rings is 1. The van der Waals surface area contributed by atoms with Gasteiger partial charge in [0.1, 0.15) is 0 Å². The predicted molar refractivity (Wildman–Crippen MR) is 102 cm³/mol. The van der Waals surface area contributed by atoms with Crippen LogP contribution >= 0.6 is 0 Å². The Labute approximate surface area is 156 Å². The molecule has 2 fully saturated rings. The number of sulfonamides is 1. The minimum absolute atomic E-state index is 0.0439. The van der Waals surface area contributed by atoms with E-state index in [2.05, 4.69) is 9.62 Å². The molecule has 1 N–H and O–H groups in total. The van der Waals surface area contributed by atoms with Crippen LogP contribution in [0.2, 0.25) is 0 Å². The van der Waals surface area contributed by atoms with E-state index >= 15 is 0 Å². The lowest BCUT2D eigenvalue weighted by Gasteiger charge is -2.25. The van der Waals surface area contributed by atoms with E-state index in [1.807, 2.05) is 17.9 Å². The van der Waals surface area contributed by atoms with Gasteiger partial charge in [0.05, 0.1) is 4.90 Å². The fourth-order valence-corrected chi connectivity index (χ4v) is 5.32. The first kappa shape index (κ1) is 19.3. The first-order valence-electron chi connectivity index (χ1n) is 9.45. The van der Waals surface area contributed by atoms with E-state index in [4.69, 9.17) is 0 Å². The summed E-state index contributed by atoms with van der Waals surface area (Å²) in [5.74, 6) is 0.0439. The Balaban J connectivity index is 1.55. The number of rotatable bonds is 5. The summed E-state index contributed by atoms with van der Waals surface area (Å²) in [7, 11) is -3.59. The fourth-order valence-electron chi connectivity index (χ4n) is 3.96. The number of aryl methyl sites for hydroxylation is 2. The largest absolute Gasteiger partial charge is 0.341 e. The van der Waals surface area contributed by atoms with Gasteiger partial charge in [-0.3, -0.25) is 9.69 Å². The molecule has 7 heteroatoms. The van der Waals surface area contributed by atoms with Crippen molar-refractivity contribution in [1.29, 1.82) is 0 Å². The number of hydrogen-bond donors (Lipinski definition) is 1. The van der Waals surface area contributed by atoms with Crippen LogP contribution in [0, 0.1) is 13.8 Å². The third-order valence-corrected chi connectivity index (χ3v) is 7.02. The lowest BCUT2D eigenvalue weighted by molar-refractivity contribution is -0.131. The maximum absolute atomic E-state index is 12.6. The van der Waals surface area contributed by atoms with Gasteiger partial charge in [-0.05, 0) is 56.8 Å². The van der Waals surface area contributed by atoms with Crippen molar-refractivity contribution in [2.75, 3.05) is 32.7 Å². The summed E-state index contributed by atoms with van der Waals surface area (Å²) in [6.07, 6.45) is 3.57. The van der Waals surface area contributed by atoms with E-state index in [-0.39, 0.29) is 18.9 Å². The van der Waals surface area contributed by atoms with Crippen LogP contribution in [0.1, 0.15) is 36.8 Å². The highest BCUT2D eigenvalue weighted by Gasteiger charge is 2.30. The molecule has 0 spiro atoms. The van der Waals surface area contributed by atoms with Gasteiger partial charge in [-0.2, -0.15) is 0 Å². The van der Waals surface area contributed by atoms with Crippen LogP contribution < -0.4 is 4.72 Å². The fraction of sp³-hybridized carbons (Fsp3) is 0.632. The van der Waals surface area contributed by atoms with E-state index in [1.54, 1.807) is 19.1 Å². The van der Waals surface area contributed by atoms with Gasteiger partial charge in [-0.15, -0.1) is 0 Å². The van der Waals surface area contributed by atoms with Gasteiger partial charge in [-0.1, -0.05) is 12.1 Å². The maximum Gasteiger partial charge on any atom is 0.240 e. The van der Waals surface area contributed by atoms with Gasteiger partial charge in [0.25, 0.3) is 0 Å². The molecule has 3 rings (SSSR count). The Bertz CT molecular complexity index is 763. The van der Waals surface area contributed by atoms with Crippen LogP contribution in [0.15, 0.2) is 23.1 Å². The summed E-state index contributed by atoms with van der Waals surface area (Å²) >= 11 is 0. The Morgan fingerprint density at radius 3 is 2.77 bits per heavy atom. The van der Waals surface area contributed by atoms with Crippen molar-refractivity contribution in [3.05, 3.63) is 29.3 Å². The zero-order valence-corrected chi connectivity index (χ0v) is 16.5. The van der Waals surface area contributed by atoms with Crippen LogP contribution in [0.3, 0.4) is 0 Å². The standard InChI is InChI=1S/C19H29N3O3S/c1-15-6-7-16(2)18(13-15)26(24,25)20-9-8-19(23)22-12-4-11-21-10-3-5-17(21)14-22/h6-7,13,17,20H,3-5,8-12,14H2,1-2H3/t17-/m1/s1. The van der Waals surface area contributed by atoms with Gasteiger partial charge >= 0.3 is 0 Å². The van der Waals surface area contributed by atoms with Gasteiger partial charge in [0, 0.05) is 38.6 Å². The smallest absolute Gasteiger partial charge is 0.240 e. The van der Waals surface area contributed by atoms with E-state index in [0.717, 1.165) is 44.6 Å². The highest BCUT2D eigenvalue weighted by Crippen LogP contribution is 2.21. The molecule has 0 bridgehead atoms. The van der Waals surface area contributed by atoms with E-state index in [0.29, 0.717) is 16.5 Å². The number of nitrogens with one attached hydrogen (secondary N) is 1. The molecule has 1 aromatic rings. The van der Waals surface area contributed by atoms with E-state index in [1.165, 1.54) is 6.42 Å². The molecule has 2 aliphatic heterocycles. The number of fused-ring (bicyclic) bond motifs is 1. The normalized spacial score (nSPS) is 21.5. The molecule has 1 aromatic carbocycles. The molecule has 0 aliphatic carbocycles. The number of amides is 1. The lowest BCUT2D eigenvalue weighted by Crippen LogP contribution is -2.40. The van der Waals surface area contributed by atoms with Gasteiger partial charge in [0.2, 0.25) is 15.9 Å². The average molecular weight is 380 g/mol. The second-order valence-electron chi connectivity index (χ2n) is 7.44. The van der Waals surface area contributed by atoms with Crippen molar-refractivity contribution in [1.82, 2.24) is 14.5 Å². The highest BCUT2D eigenvalue weighted by atomic mass is 32.2. The molecule has 2 aliphatic rings. The van der Waals surface area contributed by atoms with Crippen molar-refractivity contribution in [3.63, 3.8) is 0 Å². The quantitative estimate of drug-likeness (QED) is 0.845. The molecule has 2 saturated heterocycles. The van der Waals surface area contributed by atoms with Crippen molar-refractivity contribution in [2.45, 2.75) is 50.5 Å². The minimum Gasteiger partial charge on any atom is -0.341 e. The van der Waals surface area contributed by atoms with Gasteiger partial charge in [0.15, 0.2) is 0 Å². The summed E-state index contributed by atoms with van der Waals surface area (Å²) < 4.78 is 27.6. The number of carbonyl (C=O) groups is 1. The second kappa shape index (κ2) is 8.06. The first-order chi connectivity index (χ1) is 12.4. The van der Waals surface area contributed by atoms with Crippen LogP contribution in [-0.2, 0) is 14.8 Å². The van der Waals surface area contributed by atoms with Crippen LogP contribution in [0.4, 0.5) is 0 Å².